The second kappa shape index (κ2) is 5.60. The summed E-state index contributed by atoms with van der Waals surface area (Å²) in [6.07, 6.45) is 1.85. The summed E-state index contributed by atoms with van der Waals surface area (Å²) >= 11 is 0. The number of hydrogen-bond acceptors (Lipinski definition) is 3. The number of anilines is 1. The van der Waals surface area contributed by atoms with Gasteiger partial charge in [-0.3, -0.25) is 4.90 Å². The molecule has 0 atom stereocenters. The topological polar surface area (TPSA) is 28.2 Å². The van der Waals surface area contributed by atoms with Crippen LogP contribution in [0.4, 0.5) is 5.82 Å². The average molecular weight is 193 g/mol. The van der Waals surface area contributed by atoms with E-state index in [-0.39, 0.29) is 0 Å². The average Bonchev–Trinajstić information content (AvgIpc) is 2.26. The summed E-state index contributed by atoms with van der Waals surface area (Å²) in [5, 5.41) is 3.05. The largest absolute Gasteiger partial charge is 0.373 e. The Morgan fingerprint density at radius 3 is 2.64 bits per heavy atom. The molecule has 0 aliphatic heterocycles. The summed E-state index contributed by atoms with van der Waals surface area (Å²) in [7, 11) is 1.89. The summed E-state index contributed by atoms with van der Waals surface area (Å²) in [6.45, 7) is 7.55. The van der Waals surface area contributed by atoms with Gasteiger partial charge in [0.15, 0.2) is 0 Å². The smallest absolute Gasteiger partial charge is 0.125 e. The van der Waals surface area contributed by atoms with Crippen LogP contribution >= 0.6 is 0 Å². The number of nitrogens with one attached hydrogen (secondary N) is 1. The van der Waals surface area contributed by atoms with Crippen molar-refractivity contribution in [3.05, 3.63) is 23.9 Å². The molecule has 14 heavy (non-hydrogen) atoms. The molecule has 3 nitrogen and oxygen atoms in total. The third-order valence-corrected chi connectivity index (χ3v) is 2.38. The first-order valence-electron chi connectivity index (χ1n) is 5.15. The van der Waals surface area contributed by atoms with Crippen LogP contribution in [-0.2, 0) is 6.54 Å². The van der Waals surface area contributed by atoms with E-state index < -0.39 is 0 Å². The molecule has 1 aromatic rings. The fourth-order valence-electron chi connectivity index (χ4n) is 1.41. The van der Waals surface area contributed by atoms with Crippen LogP contribution in [0.2, 0.25) is 0 Å². The van der Waals surface area contributed by atoms with Crippen molar-refractivity contribution in [3.63, 3.8) is 0 Å². The third kappa shape index (κ3) is 3.00. The first-order valence-corrected chi connectivity index (χ1v) is 5.15. The molecule has 0 unspecified atom stereocenters. The second-order valence-electron chi connectivity index (χ2n) is 3.26. The van der Waals surface area contributed by atoms with Gasteiger partial charge in [0.25, 0.3) is 0 Å². The van der Waals surface area contributed by atoms with Gasteiger partial charge in [0.1, 0.15) is 5.82 Å². The first kappa shape index (κ1) is 11.0. The van der Waals surface area contributed by atoms with Gasteiger partial charge in [-0.1, -0.05) is 13.8 Å². The molecule has 1 N–H and O–H groups in total. The summed E-state index contributed by atoms with van der Waals surface area (Å²) in [6, 6.07) is 4.16. The van der Waals surface area contributed by atoms with Crippen LogP contribution in [0.3, 0.4) is 0 Å². The lowest BCUT2D eigenvalue weighted by Gasteiger charge is -2.18. The highest BCUT2D eigenvalue weighted by molar-refractivity contribution is 5.36. The Labute approximate surface area is 86.2 Å². The Balaban J connectivity index is 2.65. The fourth-order valence-corrected chi connectivity index (χ4v) is 1.41. The van der Waals surface area contributed by atoms with E-state index in [1.54, 1.807) is 0 Å². The van der Waals surface area contributed by atoms with E-state index in [0.29, 0.717) is 0 Å². The van der Waals surface area contributed by atoms with Gasteiger partial charge >= 0.3 is 0 Å². The molecule has 0 fully saturated rings. The molecule has 0 radical (unpaired) electrons. The molecule has 1 aromatic heterocycles. The minimum Gasteiger partial charge on any atom is -0.373 e. The Kier molecular flexibility index (Phi) is 4.40. The van der Waals surface area contributed by atoms with Crippen LogP contribution in [0.15, 0.2) is 18.3 Å². The van der Waals surface area contributed by atoms with Gasteiger partial charge in [0.2, 0.25) is 0 Å². The highest BCUT2D eigenvalue weighted by Crippen LogP contribution is 2.08. The van der Waals surface area contributed by atoms with Crippen LogP contribution in [0, 0.1) is 0 Å². The molecular weight excluding hydrogens is 174 g/mol. The Morgan fingerprint density at radius 2 is 2.07 bits per heavy atom. The second-order valence-corrected chi connectivity index (χ2v) is 3.26. The molecule has 1 heterocycles. The molecule has 78 valence electrons. The van der Waals surface area contributed by atoms with Crippen molar-refractivity contribution in [2.24, 2.45) is 0 Å². The summed E-state index contributed by atoms with van der Waals surface area (Å²) in [5.41, 5.74) is 1.31. The SMILES string of the molecule is CCN(CC)Cc1ccnc(NC)c1. The summed E-state index contributed by atoms with van der Waals surface area (Å²) in [5.74, 6) is 0.939. The van der Waals surface area contributed by atoms with Gasteiger partial charge in [-0.2, -0.15) is 0 Å². The van der Waals surface area contributed by atoms with E-state index >= 15 is 0 Å². The van der Waals surface area contributed by atoms with E-state index in [9.17, 15) is 0 Å². The Bertz CT molecular complexity index is 269. The van der Waals surface area contributed by atoms with Crippen molar-refractivity contribution >= 4 is 5.82 Å². The van der Waals surface area contributed by atoms with Crippen LogP contribution < -0.4 is 5.32 Å². The maximum absolute atomic E-state index is 4.19. The number of pyridine rings is 1. The number of hydrogen-bond donors (Lipinski definition) is 1. The molecule has 3 heteroatoms. The van der Waals surface area contributed by atoms with Gasteiger partial charge in [-0.05, 0) is 30.8 Å². The fraction of sp³-hybridized carbons (Fsp3) is 0.545. The Hall–Kier alpha value is -1.09. The van der Waals surface area contributed by atoms with Crippen LogP contribution in [0.5, 0.6) is 0 Å². The van der Waals surface area contributed by atoms with Crippen LogP contribution in [0.25, 0.3) is 0 Å². The van der Waals surface area contributed by atoms with E-state index in [4.69, 9.17) is 0 Å². The molecule has 0 saturated heterocycles. The number of nitrogens with zero attached hydrogens (tertiary/aromatic N) is 2. The van der Waals surface area contributed by atoms with Crippen molar-refractivity contribution < 1.29 is 0 Å². The zero-order chi connectivity index (χ0) is 10.4. The lowest BCUT2D eigenvalue weighted by Crippen LogP contribution is -2.22. The van der Waals surface area contributed by atoms with Gasteiger partial charge in [0.05, 0.1) is 0 Å². The normalized spacial score (nSPS) is 10.6. The lowest BCUT2D eigenvalue weighted by atomic mass is 10.2. The molecule has 1 rings (SSSR count). The quantitative estimate of drug-likeness (QED) is 0.775. The first-order chi connectivity index (χ1) is 6.80. The minimum absolute atomic E-state index is 0.939. The molecule has 0 saturated carbocycles. The highest BCUT2D eigenvalue weighted by atomic mass is 15.1. The maximum Gasteiger partial charge on any atom is 0.125 e. The molecule has 0 aliphatic carbocycles. The van der Waals surface area contributed by atoms with E-state index in [1.165, 1.54) is 5.56 Å². The van der Waals surface area contributed by atoms with Gasteiger partial charge in [-0.25, -0.2) is 4.98 Å². The number of aromatic nitrogens is 1. The van der Waals surface area contributed by atoms with Crippen LogP contribution in [0.1, 0.15) is 19.4 Å². The summed E-state index contributed by atoms with van der Waals surface area (Å²) in [4.78, 5) is 6.57. The molecule has 0 amide bonds. The van der Waals surface area contributed by atoms with E-state index in [2.05, 4.69) is 41.2 Å². The zero-order valence-corrected chi connectivity index (χ0v) is 9.25. The van der Waals surface area contributed by atoms with Crippen molar-refractivity contribution in [1.82, 2.24) is 9.88 Å². The Morgan fingerprint density at radius 1 is 1.36 bits per heavy atom. The molecule has 0 bridgehead atoms. The third-order valence-electron chi connectivity index (χ3n) is 2.38. The van der Waals surface area contributed by atoms with Gasteiger partial charge in [0, 0.05) is 19.8 Å². The van der Waals surface area contributed by atoms with Crippen molar-refractivity contribution in [2.75, 3.05) is 25.5 Å². The van der Waals surface area contributed by atoms with E-state index in [0.717, 1.165) is 25.5 Å². The molecule has 0 aromatic carbocycles. The van der Waals surface area contributed by atoms with Gasteiger partial charge in [-0.15, -0.1) is 0 Å². The predicted molar refractivity (Wildman–Crippen MR) is 60.4 cm³/mol. The molecule has 0 aliphatic rings. The van der Waals surface area contributed by atoms with Crippen LogP contribution in [-0.4, -0.2) is 30.0 Å². The molecular formula is C11H19N3. The summed E-state index contributed by atoms with van der Waals surface area (Å²) < 4.78 is 0. The minimum atomic E-state index is 0.939. The van der Waals surface area contributed by atoms with Crippen molar-refractivity contribution in [1.29, 1.82) is 0 Å². The van der Waals surface area contributed by atoms with E-state index in [1.807, 2.05) is 13.2 Å². The van der Waals surface area contributed by atoms with Crippen molar-refractivity contribution in [3.8, 4) is 0 Å². The predicted octanol–water partition coefficient (Wildman–Crippen LogP) is 1.97. The maximum atomic E-state index is 4.19. The van der Waals surface area contributed by atoms with Gasteiger partial charge < -0.3 is 5.32 Å². The monoisotopic (exact) mass is 193 g/mol. The lowest BCUT2D eigenvalue weighted by molar-refractivity contribution is 0.296. The highest BCUT2D eigenvalue weighted by Gasteiger charge is 2.01. The zero-order valence-electron chi connectivity index (χ0n) is 9.25. The molecule has 0 spiro atoms. The van der Waals surface area contributed by atoms with Crippen molar-refractivity contribution in [2.45, 2.75) is 20.4 Å². The standard InChI is InChI=1S/C11H19N3/c1-4-14(5-2)9-10-6-7-13-11(8-10)12-3/h6-8H,4-5,9H2,1-3H3,(H,12,13). The number of rotatable bonds is 5.